The minimum atomic E-state index is -0.501. The number of nitrogens with one attached hydrogen (secondary N) is 1. The van der Waals surface area contributed by atoms with Crippen LogP contribution in [0.1, 0.15) is 19.8 Å². The molecule has 0 aromatic heterocycles. The smallest absolute Gasteiger partial charge is 0.271 e. The molecule has 0 spiro atoms. The summed E-state index contributed by atoms with van der Waals surface area (Å²) >= 11 is 0. The number of carbonyl (C=O) groups excluding carboxylic acids is 1. The van der Waals surface area contributed by atoms with Crippen molar-refractivity contribution in [2.24, 2.45) is 0 Å². The van der Waals surface area contributed by atoms with Gasteiger partial charge in [-0.1, -0.05) is 0 Å². The minimum Gasteiger partial charge on any atom is -0.397 e. The number of rotatable bonds is 4. The summed E-state index contributed by atoms with van der Waals surface area (Å²) in [5.41, 5.74) is 6.51. The molecule has 1 aromatic rings. The van der Waals surface area contributed by atoms with E-state index in [1.165, 1.54) is 18.2 Å². The zero-order valence-corrected chi connectivity index (χ0v) is 11.3. The van der Waals surface area contributed by atoms with Crippen LogP contribution in [0.2, 0.25) is 0 Å². The number of hydrogen-bond donors (Lipinski definition) is 2. The van der Waals surface area contributed by atoms with Crippen molar-refractivity contribution < 1.29 is 9.72 Å². The normalized spacial score (nSPS) is 15.9. The first-order valence-corrected chi connectivity index (χ1v) is 6.58. The summed E-state index contributed by atoms with van der Waals surface area (Å²) in [6.45, 7) is 3.35. The Morgan fingerprint density at radius 3 is 2.65 bits per heavy atom. The van der Waals surface area contributed by atoms with Crippen LogP contribution >= 0.6 is 0 Å². The number of hydrogen-bond acceptors (Lipinski definition) is 5. The fourth-order valence-electron chi connectivity index (χ4n) is 2.30. The van der Waals surface area contributed by atoms with Crippen molar-refractivity contribution in [2.45, 2.75) is 25.8 Å². The van der Waals surface area contributed by atoms with Gasteiger partial charge in [0.2, 0.25) is 5.91 Å². The van der Waals surface area contributed by atoms with E-state index in [-0.39, 0.29) is 17.3 Å². The van der Waals surface area contributed by atoms with Crippen LogP contribution in [0.15, 0.2) is 18.2 Å². The van der Waals surface area contributed by atoms with Gasteiger partial charge in [0, 0.05) is 25.2 Å². The van der Waals surface area contributed by atoms with E-state index in [1.807, 2.05) is 4.90 Å². The highest BCUT2D eigenvalue weighted by Crippen LogP contribution is 2.25. The molecule has 20 heavy (non-hydrogen) atoms. The molecule has 1 aliphatic rings. The number of nitrogen functional groups attached to an aromatic ring is 1. The second-order valence-electron chi connectivity index (χ2n) is 4.93. The summed E-state index contributed by atoms with van der Waals surface area (Å²) in [6.07, 6.45) is 2.08. The van der Waals surface area contributed by atoms with E-state index in [1.54, 1.807) is 6.92 Å². The van der Waals surface area contributed by atoms with Gasteiger partial charge in [-0.25, -0.2) is 0 Å². The molecule has 1 unspecified atom stereocenters. The van der Waals surface area contributed by atoms with E-state index in [2.05, 4.69) is 5.32 Å². The lowest BCUT2D eigenvalue weighted by molar-refractivity contribution is -0.384. The Balaban J connectivity index is 2.05. The molecule has 0 bridgehead atoms. The third-order valence-corrected chi connectivity index (χ3v) is 3.41. The summed E-state index contributed by atoms with van der Waals surface area (Å²) in [5, 5.41) is 13.7. The molecule has 108 valence electrons. The second-order valence-corrected chi connectivity index (χ2v) is 4.93. The Labute approximate surface area is 116 Å². The molecule has 1 saturated heterocycles. The molecule has 3 N–H and O–H groups in total. The van der Waals surface area contributed by atoms with Gasteiger partial charge in [-0.2, -0.15) is 0 Å². The topological polar surface area (TPSA) is 101 Å². The second kappa shape index (κ2) is 5.77. The SMILES string of the molecule is CC(Nc1ccc([N+](=O)[O-])cc1N)C(=O)N1CCCC1. The van der Waals surface area contributed by atoms with Crippen molar-refractivity contribution in [3.05, 3.63) is 28.3 Å². The standard InChI is InChI=1S/C13H18N4O3/c1-9(13(18)16-6-2-3-7-16)15-12-5-4-10(17(19)20)8-11(12)14/h4-5,8-9,15H,2-3,6-7,14H2,1H3. The van der Waals surface area contributed by atoms with E-state index in [9.17, 15) is 14.9 Å². The monoisotopic (exact) mass is 278 g/mol. The van der Waals surface area contributed by atoms with Gasteiger partial charge in [-0.05, 0) is 25.8 Å². The molecule has 1 amide bonds. The molecule has 1 aromatic carbocycles. The number of nitrogens with two attached hydrogens (primary N) is 1. The van der Waals surface area contributed by atoms with E-state index in [4.69, 9.17) is 5.73 Å². The van der Waals surface area contributed by atoms with Gasteiger partial charge in [-0.15, -0.1) is 0 Å². The summed E-state index contributed by atoms with van der Waals surface area (Å²) in [4.78, 5) is 24.1. The van der Waals surface area contributed by atoms with Crippen molar-refractivity contribution in [3.8, 4) is 0 Å². The predicted octanol–water partition coefficient (Wildman–Crippen LogP) is 1.60. The molecule has 1 atom stereocenters. The quantitative estimate of drug-likeness (QED) is 0.495. The van der Waals surface area contributed by atoms with Gasteiger partial charge >= 0.3 is 0 Å². The molecule has 1 fully saturated rings. The van der Waals surface area contributed by atoms with Crippen LogP contribution in [0.3, 0.4) is 0 Å². The largest absolute Gasteiger partial charge is 0.397 e. The number of amides is 1. The maximum Gasteiger partial charge on any atom is 0.271 e. The Bertz CT molecular complexity index is 526. The number of likely N-dealkylation sites (tertiary alicyclic amines) is 1. The zero-order valence-electron chi connectivity index (χ0n) is 11.3. The average molecular weight is 278 g/mol. The highest BCUT2D eigenvalue weighted by Gasteiger charge is 2.23. The highest BCUT2D eigenvalue weighted by molar-refractivity contribution is 5.86. The van der Waals surface area contributed by atoms with Gasteiger partial charge in [0.1, 0.15) is 6.04 Å². The summed E-state index contributed by atoms with van der Waals surface area (Å²) in [7, 11) is 0. The van der Waals surface area contributed by atoms with Crippen molar-refractivity contribution in [1.82, 2.24) is 4.90 Å². The Hall–Kier alpha value is -2.31. The van der Waals surface area contributed by atoms with Crippen molar-refractivity contribution in [2.75, 3.05) is 24.1 Å². The molecule has 7 nitrogen and oxygen atoms in total. The van der Waals surface area contributed by atoms with Gasteiger partial charge in [0.05, 0.1) is 16.3 Å². The fraction of sp³-hybridized carbons (Fsp3) is 0.462. The third-order valence-electron chi connectivity index (χ3n) is 3.41. The minimum absolute atomic E-state index is 0.0280. The maximum absolute atomic E-state index is 12.2. The molecular formula is C13H18N4O3. The number of anilines is 2. The van der Waals surface area contributed by atoms with Crippen molar-refractivity contribution in [3.63, 3.8) is 0 Å². The van der Waals surface area contributed by atoms with E-state index >= 15 is 0 Å². The van der Waals surface area contributed by atoms with E-state index < -0.39 is 11.0 Å². The van der Waals surface area contributed by atoms with Crippen LogP contribution in [0.5, 0.6) is 0 Å². The maximum atomic E-state index is 12.2. The first-order chi connectivity index (χ1) is 9.49. The first kappa shape index (κ1) is 14.1. The van der Waals surface area contributed by atoms with Gasteiger partial charge in [0.25, 0.3) is 5.69 Å². The van der Waals surface area contributed by atoms with Gasteiger partial charge < -0.3 is 16.0 Å². The van der Waals surface area contributed by atoms with Crippen LogP contribution in [0.4, 0.5) is 17.1 Å². The van der Waals surface area contributed by atoms with Crippen LogP contribution in [0, 0.1) is 10.1 Å². The zero-order chi connectivity index (χ0) is 14.7. The number of carbonyl (C=O) groups is 1. The molecule has 0 saturated carbocycles. The molecule has 2 rings (SSSR count). The average Bonchev–Trinajstić information content (AvgIpc) is 2.93. The number of non-ortho nitro benzene ring substituents is 1. The first-order valence-electron chi connectivity index (χ1n) is 6.58. The van der Waals surface area contributed by atoms with Crippen LogP contribution in [0.25, 0.3) is 0 Å². The lowest BCUT2D eigenvalue weighted by Crippen LogP contribution is -2.39. The van der Waals surface area contributed by atoms with Crippen LogP contribution in [-0.4, -0.2) is 34.9 Å². The molecule has 0 aliphatic carbocycles. The van der Waals surface area contributed by atoms with Gasteiger partial charge in [0.15, 0.2) is 0 Å². The van der Waals surface area contributed by atoms with Gasteiger partial charge in [-0.3, -0.25) is 14.9 Å². The highest BCUT2D eigenvalue weighted by atomic mass is 16.6. The van der Waals surface area contributed by atoms with E-state index in [0.717, 1.165) is 25.9 Å². The van der Waals surface area contributed by atoms with E-state index in [0.29, 0.717) is 5.69 Å². The Kier molecular flexibility index (Phi) is 4.07. The molecule has 1 aliphatic heterocycles. The Morgan fingerprint density at radius 1 is 1.45 bits per heavy atom. The lowest BCUT2D eigenvalue weighted by atomic mass is 10.2. The Morgan fingerprint density at radius 2 is 2.10 bits per heavy atom. The molecule has 7 heteroatoms. The predicted molar refractivity (Wildman–Crippen MR) is 76.4 cm³/mol. The molecular weight excluding hydrogens is 260 g/mol. The third kappa shape index (κ3) is 2.98. The number of nitro groups is 1. The van der Waals surface area contributed by atoms with Crippen molar-refractivity contribution in [1.29, 1.82) is 0 Å². The lowest BCUT2D eigenvalue weighted by Gasteiger charge is -2.22. The molecule has 0 radical (unpaired) electrons. The summed E-state index contributed by atoms with van der Waals surface area (Å²) in [5.74, 6) is 0.0280. The summed E-state index contributed by atoms with van der Waals surface area (Å²) < 4.78 is 0. The van der Waals surface area contributed by atoms with Crippen molar-refractivity contribution >= 4 is 23.0 Å². The fourth-order valence-corrected chi connectivity index (χ4v) is 2.30. The number of benzene rings is 1. The molecule has 1 heterocycles. The van der Waals surface area contributed by atoms with Crippen LogP contribution < -0.4 is 11.1 Å². The summed E-state index contributed by atoms with van der Waals surface area (Å²) in [6, 6.07) is 3.78. The van der Waals surface area contributed by atoms with Crippen LogP contribution in [-0.2, 0) is 4.79 Å². The number of nitro benzene ring substituents is 1. The number of nitrogens with zero attached hydrogens (tertiary/aromatic N) is 2.